The van der Waals surface area contributed by atoms with Crippen LogP contribution in [0.5, 0.6) is 11.5 Å². The van der Waals surface area contributed by atoms with Crippen LogP contribution in [0.3, 0.4) is 0 Å². The van der Waals surface area contributed by atoms with E-state index in [0.29, 0.717) is 39.8 Å². The first-order valence-electron chi connectivity index (χ1n) is 10.0. The number of hydrogen-bond donors (Lipinski definition) is 1. The van der Waals surface area contributed by atoms with Gasteiger partial charge in [0.1, 0.15) is 11.5 Å². The Labute approximate surface area is 196 Å². The molecule has 1 atom stereocenters. The molecular weight excluding hydrogens is 462 g/mol. The molecule has 1 aromatic heterocycles. The van der Waals surface area contributed by atoms with Gasteiger partial charge in [-0.25, -0.2) is 13.4 Å². The zero-order valence-corrected chi connectivity index (χ0v) is 19.9. The molecule has 33 heavy (non-hydrogen) atoms. The lowest BCUT2D eigenvalue weighted by molar-refractivity contribution is 0.0715. The van der Waals surface area contributed by atoms with Gasteiger partial charge in [0.05, 0.1) is 42.8 Å². The summed E-state index contributed by atoms with van der Waals surface area (Å²) in [6.45, 7) is 0. The summed E-state index contributed by atoms with van der Waals surface area (Å²) in [4.78, 5) is 13.9. The molecule has 0 fully saturated rings. The normalized spacial score (nSPS) is 15.8. The smallest absolute Gasteiger partial charge is 0.284 e. The molecule has 3 aromatic rings. The highest BCUT2D eigenvalue weighted by Crippen LogP contribution is 2.38. The Balaban J connectivity index is 1.79. The number of rotatable bonds is 7. The molecule has 2 aromatic carbocycles. The van der Waals surface area contributed by atoms with Crippen molar-refractivity contribution in [2.75, 3.05) is 25.2 Å². The number of benzene rings is 2. The summed E-state index contributed by atoms with van der Waals surface area (Å²) in [5.74, 6) is 0.960. The number of hydrazone groups is 1. The quantitative estimate of drug-likeness (QED) is 0.543. The van der Waals surface area contributed by atoms with Gasteiger partial charge in [-0.05, 0) is 35.2 Å². The van der Waals surface area contributed by atoms with Crippen molar-refractivity contribution in [3.05, 3.63) is 76.0 Å². The lowest BCUT2D eigenvalue weighted by Gasteiger charge is -2.22. The minimum Gasteiger partial charge on any atom is -0.497 e. The van der Waals surface area contributed by atoms with Crippen LogP contribution < -0.4 is 14.2 Å². The Morgan fingerprint density at radius 1 is 1.09 bits per heavy atom. The van der Waals surface area contributed by atoms with Gasteiger partial charge in [-0.1, -0.05) is 24.3 Å². The third kappa shape index (κ3) is 5.01. The number of para-hydroxylation sites is 1. The summed E-state index contributed by atoms with van der Waals surface area (Å²) in [5.41, 5.74) is 2.41. The van der Waals surface area contributed by atoms with E-state index in [2.05, 4.69) is 9.82 Å². The highest BCUT2D eigenvalue weighted by molar-refractivity contribution is 7.92. The zero-order chi connectivity index (χ0) is 23.6. The Morgan fingerprint density at radius 2 is 1.79 bits per heavy atom. The summed E-state index contributed by atoms with van der Waals surface area (Å²) in [7, 11) is -0.363. The fourth-order valence-electron chi connectivity index (χ4n) is 3.68. The van der Waals surface area contributed by atoms with Gasteiger partial charge < -0.3 is 9.47 Å². The first-order valence-corrected chi connectivity index (χ1v) is 12.8. The summed E-state index contributed by atoms with van der Waals surface area (Å²) in [6.07, 6.45) is 1.48. The molecule has 0 saturated carbocycles. The van der Waals surface area contributed by atoms with Crippen molar-refractivity contribution in [1.29, 1.82) is 0 Å². The number of nitrogens with one attached hydrogen (secondary N) is 1. The lowest BCUT2D eigenvalue weighted by Crippen LogP contribution is -2.26. The van der Waals surface area contributed by atoms with Crippen LogP contribution in [0.15, 0.2) is 65.1 Å². The number of anilines is 1. The van der Waals surface area contributed by atoms with E-state index in [1.807, 2.05) is 23.6 Å². The molecule has 172 valence electrons. The first-order chi connectivity index (χ1) is 15.8. The van der Waals surface area contributed by atoms with Crippen molar-refractivity contribution in [2.45, 2.75) is 12.5 Å². The number of carbonyl (C=O) groups is 1. The number of methoxy groups -OCH3 is 2. The number of carbonyl (C=O) groups excluding carboxylic acids is 1. The van der Waals surface area contributed by atoms with E-state index in [9.17, 15) is 13.2 Å². The number of thiophene rings is 1. The van der Waals surface area contributed by atoms with Crippen LogP contribution >= 0.6 is 11.3 Å². The average Bonchev–Trinajstić information content (AvgIpc) is 3.48. The van der Waals surface area contributed by atoms with E-state index in [1.165, 1.54) is 16.3 Å². The molecule has 0 aliphatic carbocycles. The maximum atomic E-state index is 13.3. The average molecular weight is 486 g/mol. The SMILES string of the molecule is COc1cc(OC)cc(C2CC(c3ccccc3NS(C)(=O)=O)=NN2C(=O)c2cccs2)c1. The van der Waals surface area contributed by atoms with E-state index < -0.39 is 16.1 Å². The standard InChI is InChI=1S/C23H23N3O5S2/c1-30-16-11-15(12-17(13-16)31-2)21-14-20(24-26(21)23(27)22-9-6-10-32-22)18-7-4-5-8-19(18)25-33(3,28)29/h4-13,21,25H,14H2,1-3H3. The molecule has 1 aliphatic rings. The number of hydrogen-bond acceptors (Lipinski definition) is 7. The molecule has 0 radical (unpaired) electrons. The minimum atomic E-state index is -3.50. The van der Waals surface area contributed by atoms with Crippen molar-refractivity contribution in [3.8, 4) is 11.5 Å². The largest absolute Gasteiger partial charge is 0.497 e. The van der Waals surface area contributed by atoms with Gasteiger partial charge in [-0.3, -0.25) is 9.52 Å². The highest BCUT2D eigenvalue weighted by atomic mass is 32.2. The summed E-state index contributed by atoms with van der Waals surface area (Å²) >= 11 is 1.34. The van der Waals surface area contributed by atoms with Crippen LogP contribution in [0.1, 0.15) is 33.3 Å². The van der Waals surface area contributed by atoms with Gasteiger partial charge in [0, 0.05) is 18.1 Å². The molecule has 1 unspecified atom stereocenters. The molecule has 4 rings (SSSR count). The number of amides is 1. The molecule has 0 spiro atoms. The number of sulfonamides is 1. The second-order valence-electron chi connectivity index (χ2n) is 7.46. The molecule has 10 heteroatoms. The zero-order valence-electron chi connectivity index (χ0n) is 18.3. The maximum absolute atomic E-state index is 13.3. The number of nitrogens with zero attached hydrogens (tertiary/aromatic N) is 2. The van der Waals surface area contributed by atoms with E-state index >= 15 is 0 Å². The van der Waals surface area contributed by atoms with Gasteiger partial charge in [0.25, 0.3) is 5.91 Å². The van der Waals surface area contributed by atoms with E-state index in [4.69, 9.17) is 9.47 Å². The molecular formula is C23H23N3O5S2. The molecule has 1 amide bonds. The van der Waals surface area contributed by atoms with Gasteiger partial charge in [-0.15, -0.1) is 11.3 Å². The second kappa shape index (κ2) is 9.24. The fourth-order valence-corrected chi connectivity index (χ4v) is 4.91. The van der Waals surface area contributed by atoms with Gasteiger partial charge in [0.15, 0.2) is 0 Å². The van der Waals surface area contributed by atoms with Crippen LogP contribution in [0, 0.1) is 0 Å². The molecule has 0 saturated heterocycles. The van der Waals surface area contributed by atoms with Crippen LogP contribution in [-0.2, 0) is 10.0 Å². The molecule has 2 heterocycles. The Morgan fingerprint density at radius 3 is 2.39 bits per heavy atom. The molecule has 1 aliphatic heterocycles. The van der Waals surface area contributed by atoms with Gasteiger partial charge >= 0.3 is 0 Å². The fraction of sp³-hybridized carbons (Fsp3) is 0.217. The van der Waals surface area contributed by atoms with Crippen molar-refractivity contribution in [3.63, 3.8) is 0 Å². The Hall–Kier alpha value is -3.37. The number of ether oxygens (including phenoxy) is 2. The summed E-state index contributed by atoms with van der Waals surface area (Å²) in [5, 5.41) is 7.95. The van der Waals surface area contributed by atoms with E-state index in [1.54, 1.807) is 50.6 Å². The molecule has 0 bridgehead atoms. The third-order valence-corrected chi connectivity index (χ3v) is 6.59. The Bertz CT molecular complexity index is 1280. The minimum absolute atomic E-state index is 0.236. The topological polar surface area (TPSA) is 97.3 Å². The van der Waals surface area contributed by atoms with Crippen molar-refractivity contribution >= 4 is 38.7 Å². The van der Waals surface area contributed by atoms with E-state index in [0.717, 1.165) is 11.8 Å². The van der Waals surface area contributed by atoms with Gasteiger partial charge in [-0.2, -0.15) is 5.10 Å². The predicted molar refractivity (Wildman–Crippen MR) is 129 cm³/mol. The molecule has 1 N–H and O–H groups in total. The van der Waals surface area contributed by atoms with Crippen LogP contribution in [0.2, 0.25) is 0 Å². The highest BCUT2D eigenvalue weighted by Gasteiger charge is 2.35. The van der Waals surface area contributed by atoms with Crippen molar-refractivity contribution in [2.24, 2.45) is 5.10 Å². The summed E-state index contributed by atoms with van der Waals surface area (Å²) in [6, 6.07) is 15.6. The van der Waals surface area contributed by atoms with Crippen molar-refractivity contribution in [1.82, 2.24) is 5.01 Å². The van der Waals surface area contributed by atoms with Crippen LogP contribution in [-0.4, -0.2) is 45.5 Å². The lowest BCUT2D eigenvalue weighted by atomic mass is 9.97. The third-order valence-electron chi connectivity index (χ3n) is 5.14. The van der Waals surface area contributed by atoms with Crippen LogP contribution in [0.25, 0.3) is 0 Å². The molecule has 8 nitrogen and oxygen atoms in total. The summed E-state index contributed by atoms with van der Waals surface area (Å²) < 4.78 is 37.1. The predicted octanol–water partition coefficient (Wildman–Crippen LogP) is 4.13. The van der Waals surface area contributed by atoms with Crippen LogP contribution in [0.4, 0.5) is 5.69 Å². The Kier molecular flexibility index (Phi) is 6.39. The maximum Gasteiger partial charge on any atom is 0.284 e. The second-order valence-corrected chi connectivity index (χ2v) is 10.2. The monoisotopic (exact) mass is 485 g/mol. The van der Waals surface area contributed by atoms with E-state index in [-0.39, 0.29) is 5.91 Å². The first kappa shape index (κ1) is 22.8. The van der Waals surface area contributed by atoms with Crippen molar-refractivity contribution < 1.29 is 22.7 Å². The van der Waals surface area contributed by atoms with Gasteiger partial charge in [0.2, 0.25) is 10.0 Å².